The van der Waals surface area contributed by atoms with Crippen LogP contribution in [0, 0.1) is 5.41 Å². The van der Waals surface area contributed by atoms with Gasteiger partial charge in [0.2, 0.25) is 0 Å². The van der Waals surface area contributed by atoms with Crippen LogP contribution in [0.4, 0.5) is 4.79 Å². The van der Waals surface area contributed by atoms with Crippen molar-refractivity contribution in [1.82, 2.24) is 4.90 Å². The molecule has 2 heterocycles. The van der Waals surface area contributed by atoms with Gasteiger partial charge in [0, 0.05) is 12.0 Å². The molecule has 2 aliphatic rings. The van der Waals surface area contributed by atoms with Crippen molar-refractivity contribution in [1.29, 1.82) is 0 Å². The van der Waals surface area contributed by atoms with Gasteiger partial charge in [-0.05, 0) is 27.2 Å². The largest absolute Gasteiger partial charge is 0.444 e. The summed E-state index contributed by atoms with van der Waals surface area (Å²) in [4.78, 5) is 13.7. The molecule has 0 N–H and O–H groups in total. The summed E-state index contributed by atoms with van der Waals surface area (Å²) in [7, 11) is 0. The molecule has 1 atom stereocenters. The van der Waals surface area contributed by atoms with Crippen LogP contribution < -0.4 is 0 Å². The number of rotatable bonds is 0. The summed E-state index contributed by atoms with van der Waals surface area (Å²) in [6, 6.07) is 0. The number of hydrogen-bond acceptors (Lipinski definition) is 3. The van der Waals surface area contributed by atoms with Crippen LogP contribution in [-0.2, 0) is 9.47 Å². The van der Waals surface area contributed by atoms with Crippen molar-refractivity contribution in [2.45, 2.75) is 52.2 Å². The Morgan fingerprint density at radius 2 is 2.00 bits per heavy atom. The van der Waals surface area contributed by atoms with Gasteiger partial charge in [0.15, 0.2) is 0 Å². The summed E-state index contributed by atoms with van der Waals surface area (Å²) < 4.78 is 11.1. The highest BCUT2D eigenvalue weighted by Crippen LogP contribution is 2.49. The molecule has 0 aromatic heterocycles. The summed E-state index contributed by atoms with van der Waals surface area (Å²) in [5, 5.41) is 0. The molecule has 17 heavy (non-hydrogen) atoms. The molecule has 4 nitrogen and oxygen atoms in total. The second kappa shape index (κ2) is 3.61. The Labute approximate surface area is 103 Å². The van der Waals surface area contributed by atoms with Crippen molar-refractivity contribution in [3.63, 3.8) is 0 Å². The molecule has 2 saturated heterocycles. The maximum atomic E-state index is 11.9. The van der Waals surface area contributed by atoms with E-state index in [0.29, 0.717) is 6.54 Å². The lowest BCUT2D eigenvalue weighted by atomic mass is 9.70. The van der Waals surface area contributed by atoms with E-state index in [0.717, 1.165) is 19.6 Å². The first-order valence-electron chi connectivity index (χ1n) is 6.27. The molecule has 4 heteroatoms. The Kier molecular flexibility index (Phi) is 2.69. The topological polar surface area (TPSA) is 38.8 Å². The third-order valence-corrected chi connectivity index (χ3v) is 3.83. The first-order valence-corrected chi connectivity index (χ1v) is 6.27. The van der Waals surface area contributed by atoms with Crippen molar-refractivity contribution >= 4 is 6.09 Å². The highest BCUT2D eigenvalue weighted by Gasteiger charge is 2.58. The minimum absolute atomic E-state index is 0.135. The van der Waals surface area contributed by atoms with Gasteiger partial charge >= 0.3 is 6.09 Å². The fourth-order valence-electron chi connectivity index (χ4n) is 2.50. The van der Waals surface area contributed by atoms with Gasteiger partial charge in [0.05, 0.1) is 18.8 Å². The maximum Gasteiger partial charge on any atom is 0.410 e. The Morgan fingerprint density at radius 1 is 1.35 bits per heavy atom. The van der Waals surface area contributed by atoms with Crippen molar-refractivity contribution in [2.75, 3.05) is 19.7 Å². The monoisotopic (exact) mass is 241 g/mol. The van der Waals surface area contributed by atoms with Crippen molar-refractivity contribution in [3.05, 3.63) is 0 Å². The molecule has 2 aliphatic heterocycles. The summed E-state index contributed by atoms with van der Waals surface area (Å²) in [5.41, 5.74) is -0.392. The van der Waals surface area contributed by atoms with E-state index in [1.165, 1.54) is 0 Å². The van der Waals surface area contributed by atoms with Crippen LogP contribution in [0.15, 0.2) is 0 Å². The number of carbonyl (C=O) groups excluding carboxylic acids is 1. The summed E-state index contributed by atoms with van der Waals surface area (Å²) in [6.45, 7) is 12.3. The highest BCUT2D eigenvalue weighted by atomic mass is 16.6. The predicted molar refractivity (Wildman–Crippen MR) is 64.9 cm³/mol. The van der Waals surface area contributed by atoms with Crippen LogP contribution >= 0.6 is 0 Å². The second-order valence-electron chi connectivity index (χ2n) is 6.82. The summed E-state index contributed by atoms with van der Waals surface area (Å²) in [5.74, 6) is 0. The molecule has 1 amide bonds. The number of amides is 1. The van der Waals surface area contributed by atoms with E-state index in [-0.39, 0.29) is 17.1 Å². The Balaban J connectivity index is 1.97. The van der Waals surface area contributed by atoms with Gasteiger partial charge in [-0.3, -0.25) is 0 Å². The molecule has 0 aromatic carbocycles. The lowest BCUT2D eigenvalue weighted by Crippen LogP contribution is -2.61. The molecule has 0 aliphatic carbocycles. The Morgan fingerprint density at radius 3 is 2.35 bits per heavy atom. The van der Waals surface area contributed by atoms with Crippen LogP contribution in [0.2, 0.25) is 0 Å². The van der Waals surface area contributed by atoms with E-state index < -0.39 is 5.60 Å². The van der Waals surface area contributed by atoms with Crippen LogP contribution in [-0.4, -0.2) is 41.9 Å². The molecule has 2 fully saturated rings. The number of hydrogen-bond donors (Lipinski definition) is 0. The molecule has 0 radical (unpaired) electrons. The minimum atomic E-state index is -0.428. The normalized spacial score (nSPS) is 31.5. The Bertz CT molecular complexity index is 332. The first kappa shape index (κ1) is 12.7. The standard InChI is InChI=1S/C13H23NO3/c1-11(2,3)17-10(15)14-7-6-13(8-14)12(4,5)9-16-13/h6-9H2,1-5H3. The van der Waals surface area contributed by atoms with Crippen molar-refractivity contribution < 1.29 is 14.3 Å². The number of carbonyl (C=O) groups is 1. The maximum absolute atomic E-state index is 11.9. The van der Waals surface area contributed by atoms with Gasteiger partial charge in [0.1, 0.15) is 5.60 Å². The SMILES string of the molecule is CC(C)(C)OC(=O)N1CCC2(C1)OCC2(C)C. The van der Waals surface area contributed by atoms with Crippen LogP contribution in [0.3, 0.4) is 0 Å². The van der Waals surface area contributed by atoms with E-state index in [1.54, 1.807) is 4.90 Å². The predicted octanol–water partition coefficient (Wildman–Crippen LogP) is 2.42. The van der Waals surface area contributed by atoms with Crippen LogP contribution in [0.1, 0.15) is 41.0 Å². The first-order chi connectivity index (χ1) is 7.65. The second-order valence-corrected chi connectivity index (χ2v) is 6.82. The zero-order valence-electron chi connectivity index (χ0n) is 11.5. The van der Waals surface area contributed by atoms with Crippen LogP contribution in [0.25, 0.3) is 0 Å². The van der Waals surface area contributed by atoms with Gasteiger partial charge in [-0.1, -0.05) is 13.8 Å². The van der Waals surface area contributed by atoms with Gasteiger partial charge in [-0.2, -0.15) is 0 Å². The highest BCUT2D eigenvalue weighted by molar-refractivity contribution is 5.68. The van der Waals surface area contributed by atoms with Crippen molar-refractivity contribution in [3.8, 4) is 0 Å². The summed E-state index contributed by atoms with van der Waals surface area (Å²) >= 11 is 0. The lowest BCUT2D eigenvalue weighted by molar-refractivity contribution is -0.243. The quantitative estimate of drug-likeness (QED) is 0.654. The molecule has 2 rings (SSSR count). The molecule has 0 aromatic rings. The van der Waals surface area contributed by atoms with E-state index in [9.17, 15) is 4.79 Å². The molecular formula is C13H23NO3. The molecule has 98 valence electrons. The molecule has 1 spiro atoms. The molecule has 1 unspecified atom stereocenters. The number of ether oxygens (including phenoxy) is 2. The van der Waals surface area contributed by atoms with Gasteiger partial charge < -0.3 is 14.4 Å². The van der Waals surface area contributed by atoms with Gasteiger partial charge in [-0.15, -0.1) is 0 Å². The molecule has 0 bridgehead atoms. The van der Waals surface area contributed by atoms with Gasteiger partial charge in [0.25, 0.3) is 0 Å². The lowest BCUT2D eigenvalue weighted by Gasteiger charge is -2.53. The Hall–Kier alpha value is -0.770. The number of likely N-dealkylation sites (tertiary alicyclic amines) is 1. The molecular weight excluding hydrogens is 218 g/mol. The van der Waals surface area contributed by atoms with Gasteiger partial charge in [-0.25, -0.2) is 4.79 Å². The third-order valence-electron chi connectivity index (χ3n) is 3.83. The van der Waals surface area contributed by atoms with Crippen molar-refractivity contribution in [2.24, 2.45) is 5.41 Å². The zero-order valence-corrected chi connectivity index (χ0v) is 11.5. The van der Waals surface area contributed by atoms with E-state index in [4.69, 9.17) is 9.47 Å². The average molecular weight is 241 g/mol. The fraction of sp³-hybridized carbons (Fsp3) is 0.923. The number of nitrogens with zero attached hydrogens (tertiary/aromatic N) is 1. The average Bonchev–Trinajstić information content (AvgIpc) is 2.60. The smallest absolute Gasteiger partial charge is 0.410 e. The van der Waals surface area contributed by atoms with Crippen LogP contribution in [0.5, 0.6) is 0 Å². The van der Waals surface area contributed by atoms with E-state index >= 15 is 0 Å². The summed E-state index contributed by atoms with van der Waals surface area (Å²) in [6.07, 6.45) is 0.694. The van der Waals surface area contributed by atoms with E-state index in [2.05, 4.69) is 13.8 Å². The molecule has 0 saturated carbocycles. The minimum Gasteiger partial charge on any atom is -0.444 e. The third kappa shape index (κ3) is 2.15. The fourth-order valence-corrected chi connectivity index (χ4v) is 2.50. The zero-order chi connectivity index (χ0) is 12.9. The van der Waals surface area contributed by atoms with E-state index in [1.807, 2.05) is 20.8 Å².